The van der Waals surface area contributed by atoms with Crippen LogP contribution in [0.1, 0.15) is 16.8 Å². The molecule has 122 valence electrons. The van der Waals surface area contributed by atoms with Crippen LogP contribution in [0.5, 0.6) is 0 Å². The molecule has 5 nitrogen and oxygen atoms in total. The minimum absolute atomic E-state index is 0.0204. The van der Waals surface area contributed by atoms with Crippen LogP contribution >= 0.6 is 0 Å². The molecule has 2 amide bonds. The number of benzene rings is 1. The third kappa shape index (κ3) is 4.53. The summed E-state index contributed by atoms with van der Waals surface area (Å²) in [6.45, 7) is 9.87. The van der Waals surface area contributed by atoms with Gasteiger partial charge in [-0.15, -0.1) is 13.2 Å². The zero-order valence-corrected chi connectivity index (χ0v) is 13.3. The van der Waals surface area contributed by atoms with Gasteiger partial charge in [0.25, 0.3) is 5.91 Å². The highest BCUT2D eigenvalue weighted by molar-refractivity contribution is 5.96. The van der Waals surface area contributed by atoms with Gasteiger partial charge in [-0.3, -0.25) is 9.59 Å². The van der Waals surface area contributed by atoms with Crippen LogP contribution in [-0.4, -0.2) is 42.9 Å². The van der Waals surface area contributed by atoms with Gasteiger partial charge in [-0.25, -0.2) is 0 Å². The van der Waals surface area contributed by atoms with Crippen molar-refractivity contribution in [2.24, 2.45) is 5.92 Å². The highest BCUT2D eigenvalue weighted by atomic mass is 16.2. The fourth-order valence-corrected chi connectivity index (χ4v) is 2.55. The lowest BCUT2D eigenvalue weighted by atomic mass is 10.1. The Balaban J connectivity index is 2.00. The molecule has 23 heavy (non-hydrogen) atoms. The monoisotopic (exact) mass is 313 g/mol. The Kier molecular flexibility index (Phi) is 6.11. The number of amides is 2. The quantitative estimate of drug-likeness (QED) is 0.757. The maximum absolute atomic E-state index is 12.4. The lowest BCUT2D eigenvalue weighted by Gasteiger charge is -2.19. The number of carbonyl (C=O) groups is 2. The summed E-state index contributed by atoms with van der Waals surface area (Å²) in [5.74, 6) is -0.0383. The van der Waals surface area contributed by atoms with E-state index in [2.05, 4.69) is 23.8 Å². The number of hydrogen-bond donors (Lipinski definition) is 2. The van der Waals surface area contributed by atoms with Gasteiger partial charge in [0.05, 0.1) is 5.92 Å². The van der Waals surface area contributed by atoms with Crippen LogP contribution in [0.3, 0.4) is 0 Å². The first-order valence-corrected chi connectivity index (χ1v) is 7.78. The van der Waals surface area contributed by atoms with Gasteiger partial charge in [-0.1, -0.05) is 12.2 Å². The van der Waals surface area contributed by atoms with Crippen LogP contribution in [0.2, 0.25) is 0 Å². The lowest BCUT2D eigenvalue weighted by molar-refractivity contribution is -0.119. The molecular formula is C18H23N3O2. The van der Waals surface area contributed by atoms with Gasteiger partial charge in [0.15, 0.2) is 0 Å². The van der Waals surface area contributed by atoms with E-state index in [-0.39, 0.29) is 17.7 Å². The Hall–Kier alpha value is -2.40. The SMILES string of the molecule is C=CCN(CC=C)C(=O)c1ccc(NC(=O)C2CCNC2)cc1. The van der Waals surface area contributed by atoms with Crippen molar-refractivity contribution in [1.29, 1.82) is 0 Å². The van der Waals surface area contributed by atoms with E-state index in [1.54, 1.807) is 41.3 Å². The maximum Gasteiger partial charge on any atom is 0.254 e. The van der Waals surface area contributed by atoms with Crippen LogP contribution in [-0.2, 0) is 4.79 Å². The predicted octanol–water partition coefficient (Wildman–Crippen LogP) is 2.05. The van der Waals surface area contributed by atoms with E-state index in [0.717, 1.165) is 19.5 Å². The van der Waals surface area contributed by atoms with E-state index in [1.165, 1.54) is 0 Å². The summed E-state index contributed by atoms with van der Waals surface area (Å²) in [6, 6.07) is 6.97. The van der Waals surface area contributed by atoms with Gasteiger partial charge in [0.1, 0.15) is 0 Å². The summed E-state index contributed by atoms with van der Waals surface area (Å²) >= 11 is 0. The van der Waals surface area contributed by atoms with Gasteiger partial charge in [-0.05, 0) is 37.2 Å². The average molecular weight is 313 g/mol. The molecule has 1 aromatic carbocycles. The Morgan fingerprint density at radius 2 is 1.87 bits per heavy atom. The molecule has 1 aliphatic heterocycles. The highest BCUT2D eigenvalue weighted by Gasteiger charge is 2.22. The molecule has 1 fully saturated rings. The van der Waals surface area contributed by atoms with Crippen LogP contribution in [0.4, 0.5) is 5.69 Å². The van der Waals surface area contributed by atoms with E-state index in [4.69, 9.17) is 0 Å². The summed E-state index contributed by atoms with van der Waals surface area (Å²) in [5, 5.41) is 6.07. The fourth-order valence-electron chi connectivity index (χ4n) is 2.55. The number of carbonyl (C=O) groups excluding carboxylic acids is 2. The van der Waals surface area contributed by atoms with Crippen molar-refractivity contribution >= 4 is 17.5 Å². The Labute approximate surface area is 137 Å². The zero-order valence-electron chi connectivity index (χ0n) is 13.3. The summed E-state index contributed by atoms with van der Waals surface area (Å²) in [7, 11) is 0. The Bertz CT molecular complexity index is 564. The van der Waals surface area contributed by atoms with E-state index in [1.807, 2.05) is 0 Å². The number of nitrogens with one attached hydrogen (secondary N) is 2. The van der Waals surface area contributed by atoms with Gasteiger partial charge >= 0.3 is 0 Å². The predicted molar refractivity (Wildman–Crippen MR) is 92.3 cm³/mol. The summed E-state index contributed by atoms with van der Waals surface area (Å²) in [6.07, 6.45) is 4.23. The number of nitrogens with zero attached hydrogens (tertiary/aromatic N) is 1. The van der Waals surface area contributed by atoms with E-state index in [9.17, 15) is 9.59 Å². The lowest BCUT2D eigenvalue weighted by Crippen LogP contribution is -2.31. The van der Waals surface area contributed by atoms with Gasteiger partial charge < -0.3 is 15.5 Å². The van der Waals surface area contributed by atoms with E-state index < -0.39 is 0 Å². The minimum Gasteiger partial charge on any atom is -0.331 e. The number of hydrogen-bond acceptors (Lipinski definition) is 3. The molecule has 5 heteroatoms. The van der Waals surface area contributed by atoms with Crippen LogP contribution in [0.15, 0.2) is 49.6 Å². The van der Waals surface area contributed by atoms with Crippen LogP contribution in [0, 0.1) is 5.92 Å². The molecule has 0 aliphatic carbocycles. The van der Waals surface area contributed by atoms with Gasteiger partial charge in [0.2, 0.25) is 5.91 Å². The first kappa shape index (κ1) is 17.0. The molecule has 1 atom stereocenters. The number of rotatable bonds is 7. The maximum atomic E-state index is 12.4. The fraction of sp³-hybridized carbons (Fsp3) is 0.333. The molecule has 0 spiro atoms. The first-order chi connectivity index (χ1) is 11.2. The second kappa shape index (κ2) is 8.29. The first-order valence-electron chi connectivity index (χ1n) is 7.78. The normalized spacial score (nSPS) is 16.6. The molecule has 1 unspecified atom stereocenters. The molecule has 0 radical (unpaired) electrons. The molecule has 0 saturated carbocycles. The summed E-state index contributed by atoms with van der Waals surface area (Å²) in [4.78, 5) is 26.1. The van der Waals surface area contributed by atoms with Crippen LogP contribution < -0.4 is 10.6 Å². The van der Waals surface area contributed by atoms with Crippen molar-refractivity contribution in [3.05, 3.63) is 55.1 Å². The third-order valence-electron chi connectivity index (χ3n) is 3.82. The zero-order chi connectivity index (χ0) is 16.7. The summed E-state index contributed by atoms with van der Waals surface area (Å²) < 4.78 is 0. The molecular weight excluding hydrogens is 290 g/mol. The average Bonchev–Trinajstić information content (AvgIpc) is 3.09. The summed E-state index contributed by atoms with van der Waals surface area (Å²) in [5.41, 5.74) is 1.28. The van der Waals surface area contributed by atoms with E-state index in [0.29, 0.717) is 24.3 Å². The molecule has 0 bridgehead atoms. The number of anilines is 1. The highest BCUT2D eigenvalue weighted by Crippen LogP contribution is 2.15. The molecule has 1 aromatic rings. The van der Waals surface area contributed by atoms with Crippen molar-refractivity contribution in [1.82, 2.24) is 10.2 Å². The third-order valence-corrected chi connectivity index (χ3v) is 3.82. The molecule has 1 saturated heterocycles. The smallest absolute Gasteiger partial charge is 0.254 e. The largest absolute Gasteiger partial charge is 0.331 e. The second-order valence-electron chi connectivity index (χ2n) is 5.54. The van der Waals surface area contributed by atoms with Gasteiger partial charge in [0, 0.05) is 30.9 Å². The van der Waals surface area contributed by atoms with Crippen molar-refractivity contribution < 1.29 is 9.59 Å². The second-order valence-corrected chi connectivity index (χ2v) is 5.54. The van der Waals surface area contributed by atoms with Crippen molar-refractivity contribution in [2.75, 3.05) is 31.5 Å². The van der Waals surface area contributed by atoms with Crippen LogP contribution in [0.25, 0.3) is 0 Å². The molecule has 2 rings (SSSR count). The topological polar surface area (TPSA) is 61.4 Å². The standard InChI is InChI=1S/C18H23N3O2/c1-3-11-21(12-4-2)18(23)14-5-7-16(8-6-14)20-17(22)15-9-10-19-13-15/h3-8,15,19H,1-2,9-13H2,(H,20,22). The van der Waals surface area contributed by atoms with Crippen molar-refractivity contribution in [3.8, 4) is 0 Å². The van der Waals surface area contributed by atoms with Crippen molar-refractivity contribution in [3.63, 3.8) is 0 Å². The minimum atomic E-state index is -0.0809. The molecule has 1 heterocycles. The molecule has 0 aromatic heterocycles. The Morgan fingerprint density at radius 1 is 1.22 bits per heavy atom. The van der Waals surface area contributed by atoms with E-state index >= 15 is 0 Å². The molecule has 1 aliphatic rings. The Morgan fingerprint density at radius 3 is 2.39 bits per heavy atom. The van der Waals surface area contributed by atoms with Crippen molar-refractivity contribution in [2.45, 2.75) is 6.42 Å². The molecule has 2 N–H and O–H groups in total. The van der Waals surface area contributed by atoms with Gasteiger partial charge in [-0.2, -0.15) is 0 Å².